The summed E-state index contributed by atoms with van der Waals surface area (Å²) in [5.74, 6) is 0.103. The van der Waals surface area contributed by atoms with Crippen molar-refractivity contribution in [2.75, 3.05) is 0 Å². The number of allylic oxidation sites excluding steroid dienone is 2. The molecule has 2 rings (SSSR count). The van der Waals surface area contributed by atoms with Crippen molar-refractivity contribution in [2.45, 2.75) is 20.3 Å². The molecule has 2 aromatic rings. The van der Waals surface area contributed by atoms with E-state index in [0.29, 0.717) is 12.0 Å². The van der Waals surface area contributed by atoms with Crippen molar-refractivity contribution in [1.82, 2.24) is 4.57 Å². The molecule has 1 aromatic carbocycles. The van der Waals surface area contributed by atoms with Gasteiger partial charge in [0, 0.05) is 12.4 Å². The Morgan fingerprint density at radius 2 is 2.00 bits per heavy atom. The minimum absolute atomic E-state index is 0.103. The number of benzene rings is 1. The smallest absolute Gasteiger partial charge is 0.258 e. The van der Waals surface area contributed by atoms with Gasteiger partial charge in [-0.2, -0.15) is 0 Å². The summed E-state index contributed by atoms with van der Waals surface area (Å²) in [6.45, 7) is 3.95. The van der Waals surface area contributed by atoms with Gasteiger partial charge in [0.15, 0.2) is 0 Å². The Balaban J connectivity index is 2.75. The zero-order valence-corrected chi connectivity index (χ0v) is 10.9. The summed E-state index contributed by atoms with van der Waals surface area (Å²) in [5.41, 5.74) is 2.20. The minimum atomic E-state index is -0.135. The van der Waals surface area contributed by atoms with Crippen LogP contribution in [0.5, 0.6) is 5.75 Å². The van der Waals surface area contributed by atoms with Crippen LogP contribution < -0.4 is 5.56 Å². The predicted molar refractivity (Wildman–Crippen MR) is 74.0 cm³/mol. The highest BCUT2D eigenvalue weighted by atomic mass is 16.3. The normalized spacial score (nSPS) is 10.6. The number of hydrogen-bond donors (Lipinski definition) is 1. The van der Waals surface area contributed by atoms with Gasteiger partial charge in [0.2, 0.25) is 0 Å². The van der Waals surface area contributed by atoms with Gasteiger partial charge in [-0.3, -0.25) is 4.79 Å². The van der Waals surface area contributed by atoms with E-state index in [9.17, 15) is 9.90 Å². The molecule has 94 valence electrons. The fourth-order valence-corrected chi connectivity index (χ4v) is 2.03. The summed E-state index contributed by atoms with van der Waals surface area (Å²) < 4.78 is 1.59. The van der Waals surface area contributed by atoms with E-state index < -0.39 is 0 Å². The van der Waals surface area contributed by atoms with Crippen LogP contribution in [0, 0.1) is 0 Å². The third-order valence-corrected chi connectivity index (χ3v) is 3.08. The maximum atomic E-state index is 12.2. The molecule has 3 nitrogen and oxygen atoms in total. The molecule has 0 aliphatic carbocycles. The first-order valence-corrected chi connectivity index (χ1v) is 5.95. The molecule has 0 saturated carbocycles. The van der Waals surface area contributed by atoms with Crippen molar-refractivity contribution < 1.29 is 5.11 Å². The average Bonchev–Trinajstić information content (AvgIpc) is 2.36. The lowest BCUT2D eigenvalue weighted by Crippen LogP contribution is -2.21. The number of para-hydroxylation sites is 1. The van der Waals surface area contributed by atoms with Crippen LogP contribution in [0.25, 0.3) is 10.9 Å². The van der Waals surface area contributed by atoms with Crippen molar-refractivity contribution in [3.63, 3.8) is 0 Å². The molecule has 0 fully saturated rings. The SMILES string of the molecule is CC(C)=CCc1c(O)c2ccccc2n(C)c1=O. The molecule has 1 N–H and O–H groups in total. The van der Waals surface area contributed by atoms with E-state index in [1.54, 1.807) is 11.6 Å². The highest BCUT2D eigenvalue weighted by Gasteiger charge is 2.12. The second-order valence-electron chi connectivity index (χ2n) is 4.69. The van der Waals surface area contributed by atoms with Gasteiger partial charge in [0.1, 0.15) is 5.75 Å². The number of nitrogens with zero attached hydrogens (tertiary/aromatic N) is 1. The van der Waals surface area contributed by atoms with E-state index in [-0.39, 0.29) is 11.3 Å². The molecule has 0 spiro atoms. The van der Waals surface area contributed by atoms with E-state index >= 15 is 0 Å². The summed E-state index contributed by atoms with van der Waals surface area (Å²) in [6.07, 6.45) is 2.41. The topological polar surface area (TPSA) is 42.2 Å². The van der Waals surface area contributed by atoms with E-state index in [4.69, 9.17) is 0 Å². The van der Waals surface area contributed by atoms with Crippen molar-refractivity contribution in [3.8, 4) is 5.75 Å². The Kier molecular flexibility index (Phi) is 3.24. The Morgan fingerprint density at radius 1 is 1.33 bits per heavy atom. The molecule has 0 radical (unpaired) electrons. The summed E-state index contributed by atoms with van der Waals surface area (Å²) in [4.78, 5) is 12.2. The largest absolute Gasteiger partial charge is 0.507 e. The lowest BCUT2D eigenvalue weighted by atomic mass is 10.1. The average molecular weight is 243 g/mol. The van der Waals surface area contributed by atoms with Crippen molar-refractivity contribution in [2.24, 2.45) is 7.05 Å². The van der Waals surface area contributed by atoms with Gasteiger partial charge in [-0.25, -0.2) is 0 Å². The number of hydrogen-bond acceptors (Lipinski definition) is 2. The summed E-state index contributed by atoms with van der Waals surface area (Å²) >= 11 is 0. The van der Waals surface area contributed by atoms with Crippen LogP contribution in [0.15, 0.2) is 40.7 Å². The fraction of sp³-hybridized carbons (Fsp3) is 0.267. The molecule has 0 aliphatic heterocycles. The van der Waals surface area contributed by atoms with Gasteiger partial charge in [-0.05, 0) is 32.4 Å². The standard InChI is InChI=1S/C15H17NO2/c1-10(2)8-9-12-14(17)11-6-4-5-7-13(11)16(3)15(12)18/h4-8,17H,9H2,1-3H3. The maximum Gasteiger partial charge on any atom is 0.258 e. The van der Waals surface area contributed by atoms with Crippen molar-refractivity contribution in [3.05, 3.63) is 51.8 Å². The molecule has 1 heterocycles. The first kappa shape index (κ1) is 12.4. The number of rotatable bonds is 2. The Morgan fingerprint density at radius 3 is 2.67 bits per heavy atom. The molecular weight excluding hydrogens is 226 g/mol. The van der Waals surface area contributed by atoms with Gasteiger partial charge in [0.05, 0.1) is 11.1 Å². The van der Waals surface area contributed by atoms with Gasteiger partial charge >= 0.3 is 0 Å². The molecule has 1 aromatic heterocycles. The molecular formula is C15H17NO2. The fourth-order valence-electron chi connectivity index (χ4n) is 2.03. The molecule has 18 heavy (non-hydrogen) atoms. The quantitative estimate of drug-likeness (QED) is 0.824. The summed E-state index contributed by atoms with van der Waals surface area (Å²) in [5, 5.41) is 10.9. The molecule has 0 unspecified atom stereocenters. The van der Waals surface area contributed by atoms with E-state index in [0.717, 1.165) is 16.5 Å². The molecule has 0 aliphatic rings. The van der Waals surface area contributed by atoms with Gasteiger partial charge in [-0.15, -0.1) is 0 Å². The third-order valence-electron chi connectivity index (χ3n) is 3.08. The number of aryl methyl sites for hydroxylation is 1. The highest BCUT2D eigenvalue weighted by molar-refractivity contribution is 5.86. The van der Waals surface area contributed by atoms with E-state index in [1.807, 2.05) is 44.2 Å². The second kappa shape index (κ2) is 4.69. The van der Waals surface area contributed by atoms with Gasteiger partial charge < -0.3 is 9.67 Å². The number of pyridine rings is 1. The molecule has 0 atom stereocenters. The maximum absolute atomic E-state index is 12.2. The molecule has 0 bridgehead atoms. The highest BCUT2D eigenvalue weighted by Crippen LogP contribution is 2.26. The Labute approximate surface area is 106 Å². The number of aromatic nitrogens is 1. The Bertz CT molecular complexity index is 677. The monoisotopic (exact) mass is 243 g/mol. The minimum Gasteiger partial charge on any atom is -0.507 e. The van der Waals surface area contributed by atoms with Gasteiger partial charge in [-0.1, -0.05) is 23.8 Å². The van der Waals surface area contributed by atoms with Crippen LogP contribution in [0.2, 0.25) is 0 Å². The lowest BCUT2D eigenvalue weighted by Gasteiger charge is -2.10. The van der Waals surface area contributed by atoms with Crippen LogP contribution >= 0.6 is 0 Å². The number of fused-ring (bicyclic) bond motifs is 1. The Hall–Kier alpha value is -2.03. The first-order valence-electron chi connectivity index (χ1n) is 5.95. The van der Waals surface area contributed by atoms with Crippen molar-refractivity contribution >= 4 is 10.9 Å². The first-order chi connectivity index (χ1) is 8.52. The molecule has 0 amide bonds. The second-order valence-corrected chi connectivity index (χ2v) is 4.69. The van der Waals surface area contributed by atoms with Crippen LogP contribution in [-0.2, 0) is 13.5 Å². The van der Waals surface area contributed by atoms with E-state index in [1.165, 1.54) is 0 Å². The lowest BCUT2D eigenvalue weighted by molar-refractivity contribution is 0.473. The van der Waals surface area contributed by atoms with Gasteiger partial charge in [0.25, 0.3) is 5.56 Å². The van der Waals surface area contributed by atoms with Crippen molar-refractivity contribution in [1.29, 1.82) is 0 Å². The van der Waals surface area contributed by atoms with Crippen LogP contribution in [0.3, 0.4) is 0 Å². The van der Waals surface area contributed by atoms with Crippen LogP contribution in [-0.4, -0.2) is 9.67 Å². The zero-order valence-electron chi connectivity index (χ0n) is 10.9. The zero-order chi connectivity index (χ0) is 13.3. The molecule has 0 saturated heterocycles. The van der Waals surface area contributed by atoms with Crippen LogP contribution in [0.4, 0.5) is 0 Å². The summed E-state index contributed by atoms with van der Waals surface area (Å²) in [7, 11) is 1.73. The number of aromatic hydroxyl groups is 1. The van der Waals surface area contributed by atoms with Crippen LogP contribution in [0.1, 0.15) is 19.4 Å². The predicted octanol–water partition coefficient (Wildman–Crippen LogP) is 2.75. The molecule has 3 heteroatoms. The summed E-state index contributed by atoms with van der Waals surface area (Å²) in [6, 6.07) is 7.38. The third kappa shape index (κ3) is 2.04. The van der Waals surface area contributed by atoms with E-state index in [2.05, 4.69) is 0 Å².